The van der Waals surface area contributed by atoms with Crippen LogP contribution in [-0.4, -0.2) is 10.2 Å². The van der Waals surface area contributed by atoms with E-state index in [1.165, 1.54) is 16.7 Å². The molecule has 1 saturated heterocycles. The van der Waals surface area contributed by atoms with Gasteiger partial charge in [-0.05, 0) is 75.6 Å². The highest BCUT2D eigenvalue weighted by molar-refractivity contribution is 9.10. The molecule has 1 aliphatic heterocycles. The van der Waals surface area contributed by atoms with Crippen LogP contribution >= 0.6 is 63.1 Å². The van der Waals surface area contributed by atoms with Gasteiger partial charge in [-0.2, -0.15) is 0 Å². The summed E-state index contributed by atoms with van der Waals surface area (Å²) in [6, 6.07) is 20.4. The number of carbonyl (C=O) groups is 1. The summed E-state index contributed by atoms with van der Waals surface area (Å²) in [4.78, 5) is 15.0. The lowest BCUT2D eigenvalue weighted by molar-refractivity contribution is -0.113. The first-order valence-electron chi connectivity index (χ1n) is 9.11. The number of thiocarbonyl (C=S) groups is 1. The Morgan fingerprint density at radius 1 is 1.03 bits per heavy atom. The Labute approximate surface area is 208 Å². The van der Waals surface area contributed by atoms with Crippen molar-refractivity contribution in [2.24, 2.45) is 0 Å². The van der Waals surface area contributed by atoms with Gasteiger partial charge >= 0.3 is 0 Å². The summed E-state index contributed by atoms with van der Waals surface area (Å²) in [6.07, 6.45) is 1.82. The molecule has 4 rings (SSSR count). The predicted octanol–water partition coefficient (Wildman–Crippen LogP) is 7.74. The molecule has 1 aliphatic rings. The van der Waals surface area contributed by atoms with E-state index < -0.39 is 0 Å². The summed E-state index contributed by atoms with van der Waals surface area (Å²) in [5, 5.41) is 1.21. The highest BCUT2D eigenvalue weighted by Gasteiger charge is 2.33. The number of amides is 1. The molecule has 3 aromatic carbocycles. The minimum absolute atomic E-state index is 0.170. The molecule has 156 valence electrons. The van der Waals surface area contributed by atoms with Crippen molar-refractivity contribution in [3.05, 3.63) is 97.3 Å². The summed E-state index contributed by atoms with van der Waals surface area (Å²) in [7, 11) is 0. The fourth-order valence-electron chi connectivity index (χ4n) is 2.87. The number of anilines is 1. The van der Waals surface area contributed by atoms with E-state index in [1.54, 1.807) is 18.2 Å². The van der Waals surface area contributed by atoms with Crippen LogP contribution in [0.25, 0.3) is 6.08 Å². The van der Waals surface area contributed by atoms with Gasteiger partial charge in [-0.15, -0.1) is 0 Å². The maximum absolute atomic E-state index is 12.9. The van der Waals surface area contributed by atoms with Gasteiger partial charge in [0.15, 0.2) is 4.32 Å². The van der Waals surface area contributed by atoms with Gasteiger partial charge in [0.05, 0.1) is 15.6 Å². The fraction of sp³-hybridized carbons (Fsp3) is 0.0435. The minimum atomic E-state index is -0.170. The Morgan fingerprint density at radius 3 is 2.42 bits per heavy atom. The van der Waals surface area contributed by atoms with Gasteiger partial charge in [-0.1, -0.05) is 71.4 Å². The smallest absolute Gasteiger partial charge is 0.270 e. The monoisotopic (exact) mass is 549 g/mol. The quantitative estimate of drug-likeness (QED) is 0.240. The van der Waals surface area contributed by atoms with Crippen molar-refractivity contribution in [2.75, 3.05) is 4.90 Å². The molecule has 0 spiro atoms. The number of hydrogen-bond acceptors (Lipinski definition) is 4. The lowest BCUT2D eigenvalue weighted by atomic mass is 10.2. The van der Waals surface area contributed by atoms with E-state index in [9.17, 15) is 4.79 Å². The zero-order chi connectivity index (χ0) is 22.0. The number of hydrogen-bond donors (Lipinski definition) is 0. The molecular formula is C23H14BrCl2NO2S2. The number of halogens is 3. The van der Waals surface area contributed by atoms with Crippen LogP contribution in [0.4, 0.5) is 5.69 Å². The normalized spacial score (nSPS) is 15.1. The molecule has 0 atom stereocenters. The van der Waals surface area contributed by atoms with Gasteiger partial charge in [0.25, 0.3) is 5.91 Å². The van der Waals surface area contributed by atoms with Gasteiger partial charge in [0.2, 0.25) is 0 Å². The SMILES string of the molecule is O=C1/C(=C\c2ccc(OCc3ccc(Cl)cc3)cc2)SC(=S)N1c1ccc(Br)c(Cl)c1. The first-order chi connectivity index (χ1) is 14.9. The average Bonchev–Trinajstić information content (AvgIpc) is 3.03. The second-order valence-corrected chi connectivity index (χ2v) is 9.97. The molecule has 0 saturated carbocycles. The first-order valence-corrected chi connectivity index (χ1v) is 11.9. The van der Waals surface area contributed by atoms with Crippen molar-refractivity contribution in [2.45, 2.75) is 6.61 Å². The molecule has 0 aromatic heterocycles. The van der Waals surface area contributed by atoms with Crippen LogP contribution in [0.2, 0.25) is 10.0 Å². The number of benzene rings is 3. The number of nitrogens with zero attached hydrogens (tertiary/aromatic N) is 1. The summed E-state index contributed by atoms with van der Waals surface area (Å²) < 4.78 is 7.04. The largest absolute Gasteiger partial charge is 0.489 e. The van der Waals surface area contributed by atoms with Crippen molar-refractivity contribution in [1.82, 2.24) is 0 Å². The lowest BCUT2D eigenvalue weighted by Crippen LogP contribution is -2.27. The third-order valence-corrected chi connectivity index (χ3v) is 7.24. The molecule has 0 bridgehead atoms. The van der Waals surface area contributed by atoms with Gasteiger partial charge in [0, 0.05) is 9.50 Å². The van der Waals surface area contributed by atoms with Crippen molar-refractivity contribution >= 4 is 85.1 Å². The second-order valence-electron chi connectivity index (χ2n) is 6.60. The van der Waals surface area contributed by atoms with Crippen LogP contribution in [0, 0.1) is 0 Å². The minimum Gasteiger partial charge on any atom is -0.489 e. The standard InChI is InChI=1S/C23H14BrCl2NO2S2/c24-19-10-7-17(12-20(19)26)27-22(28)21(31-23(27)30)11-14-3-8-18(9-4-14)29-13-15-1-5-16(25)6-2-15/h1-12H,13H2/b21-11+. The van der Waals surface area contributed by atoms with E-state index in [1.807, 2.05) is 54.6 Å². The Hall–Kier alpha value is -1.83. The average molecular weight is 551 g/mol. The molecule has 0 aliphatic carbocycles. The number of carbonyl (C=O) groups excluding carboxylic acids is 1. The van der Waals surface area contributed by atoms with Crippen molar-refractivity contribution in [1.29, 1.82) is 0 Å². The third kappa shape index (κ3) is 5.33. The van der Waals surface area contributed by atoms with Crippen LogP contribution in [0.15, 0.2) is 76.1 Å². The third-order valence-electron chi connectivity index (χ3n) is 4.45. The fourth-order valence-corrected chi connectivity index (χ4v) is 4.72. The van der Waals surface area contributed by atoms with Crippen LogP contribution in [0.5, 0.6) is 5.75 Å². The predicted molar refractivity (Wildman–Crippen MR) is 137 cm³/mol. The van der Waals surface area contributed by atoms with Gasteiger partial charge in [0.1, 0.15) is 12.4 Å². The van der Waals surface area contributed by atoms with Crippen LogP contribution in [0.3, 0.4) is 0 Å². The van der Waals surface area contributed by atoms with Gasteiger partial charge in [-0.25, -0.2) is 0 Å². The highest BCUT2D eigenvalue weighted by Crippen LogP contribution is 2.38. The molecular weight excluding hydrogens is 537 g/mol. The number of ether oxygens (including phenoxy) is 1. The highest BCUT2D eigenvalue weighted by atomic mass is 79.9. The second kappa shape index (κ2) is 9.76. The number of rotatable bonds is 5. The summed E-state index contributed by atoms with van der Waals surface area (Å²) in [5.41, 5.74) is 2.56. The Kier molecular flexibility index (Phi) is 7.04. The van der Waals surface area contributed by atoms with Gasteiger partial charge < -0.3 is 4.74 Å². The molecule has 1 heterocycles. The van der Waals surface area contributed by atoms with Crippen molar-refractivity contribution < 1.29 is 9.53 Å². The molecule has 3 aromatic rings. The molecule has 1 fully saturated rings. The van der Waals surface area contributed by atoms with Gasteiger partial charge in [-0.3, -0.25) is 9.69 Å². The van der Waals surface area contributed by atoms with E-state index >= 15 is 0 Å². The molecule has 0 N–H and O–H groups in total. The van der Waals surface area contributed by atoms with Crippen LogP contribution in [-0.2, 0) is 11.4 Å². The van der Waals surface area contributed by atoms with Crippen molar-refractivity contribution in [3.8, 4) is 5.75 Å². The van der Waals surface area contributed by atoms with Crippen molar-refractivity contribution in [3.63, 3.8) is 0 Å². The van der Waals surface area contributed by atoms with E-state index in [4.69, 9.17) is 40.2 Å². The number of thioether (sulfide) groups is 1. The molecule has 31 heavy (non-hydrogen) atoms. The topological polar surface area (TPSA) is 29.5 Å². The van der Waals surface area contributed by atoms with E-state index in [2.05, 4.69) is 15.9 Å². The summed E-state index contributed by atoms with van der Waals surface area (Å²) in [6.45, 7) is 0.449. The summed E-state index contributed by atoms with van der Waals surface area (Å²) in [5.74, 6) is 0.570. The van der Waals surface area contributed by atoms with E-state index in [0.717, 1.165) is 21.3 Å². The Morgan fingerprint density at radius 2 is 1.74 bits per heavy atom. The first kappa shape index (κ1) is 22.4. The molecule has 3 nitrogen and oxygen atoms in total. The molecule has 0 unspecified atom stereocenters. The van der Waals surface area contributed by atoms with E-state index in [0.29, 0.717) is 31.6 Å². The van der Waals surface area contributed by atoms with Crippen LogP contribution < -0.4 is 9.64 Å². The Bertz CT molecular complexity index is 1180. The molecule has 0 radical (unpaired) electrons. The molecule has 8 heteroatoms. The van der Waals surface area contributed by atoms with E-state index in [-0.39, 0.29) is 5.91 Å². The Balaban J connectivity index is 1.45. The maximum Gasteiger partial charge on any atom is 0.270 e. The zero-order valence-electron chi connectivity index (χ0n) is 15.8. The zero-order valence-corrected chi connectivity index (χ0v) is 20.6. The lowest BCUT2D eigenvalue weighted by Gasteiger charge is -2.15. The maximum atomic E-state index is 12.9. The summed E-state index contributed by atoms with van der Waals surface area (Å²) >= 11 is 22.1. The van der Waals surface area contributed by atoms with Crippen LogP contribution in [0.1, 0.15) is 11.1 Å². The molecule has 1 amide bonds.